The Morgan fingerprint density at radius 3 is 2.69 bits per heavy atom. The number of aliphatic hydroxyl groups is 1. The smallest absolute Gasteiger partial charge is 0.341 e. The van der Waals surface area contributed by atoms with Gasteiger partial charge in [-0.05, 0) is 35.6 Å². The maximum absolute atomic E-state index is 11.4. The van der Waals surface area contributed by atoms with Crippen molar-refractivity contribution in [1.82, 2.24) is 0 Å². The molecule has 1 unspecified atom stereocenters. The first-order valence-corrected chi connectivity index (χ1v) is 5.60. The van der Waals surface area contributed by atoms with E-state index in [1.165, 1.54) is 5.56 Å². The fourth-order valence-electron chi connectivity index (χ4n) is 2.13. The second kappa shape index (κ2) is 3.91. The largest absolute Gasteiger partial charge is 0.428 e. The molecular weight excluding hydrogens is 204 g/mol. The lowest BCUT2D eigenvalue weighted by atomic mass is 9.91. The second-order valence-corrected chi connectivity index (χ2v) is 4.40. The van der Waals surface area contributed by atoms with Gasteiger partial charge in [-0.2, -0.15) is 0 Å². The molecule has 1 aliphatic rings. The molecule has 16 heavy (non-hydrogen) atoms. The number of carbonyl (C=O) groups is 1. The lowest BCUT2D eigenvalue weighted by Gasteiger charge is -2.13. The van der Waals surface area contributed by atoms with Gasteiger partial charge < -0.3 is 9.84 Å². The zero-order valence-electron chi connectivity index (χ0n) is 9.78. The molecule has 86 valence electrons. The highest BCUT2D eigenvalue weighted by atomic mass is 16.6. The molecule has 1 aromatic carbocycles. The van der Waals surface area contributed by atoms with Crippen LogP contribution in [0.4, 0.5) is 0 Å². The number of aliphatic hydroxyl groups excluding tert-OH is 1. The second-order valence-electron chi connectivity index (χ2n) is 4.40. The molecule has 0 fully saturated rings. The van der Waals surface area contributed by atoms with E-state index in [4.69, 9.17) is 4.74 Å². The molecule has 2 rings (SSSR count). The minimum absolute atomic E-state index is 0.378. The van der Waals surface area contributed by atoms with E-state index in [-0.39, 0.29) is 0 Å². The standard InChI is InChI=1S/C13H16O3/c1-4-8-5-10-11(6-9(8)7(2)3)13(15)16-12(10)14/h5-7,13,15H,4H2,1-3H3. The number of fused-ring (bicyclic) bond motifs is 1. The van der Waals surface area contributed by atoms with Crippen LogP contribution in [0.3, 0.4) is 0 Å². The Bertz CT molecular complexity index is 435. The molecule has 0 amide bonds. The van der Waals surface area contributed by atoms with Crippen LogP contribution < -0.4 is 0 Å². The first-order valence-electron chi connectivity index (χ1n) is 5.60. The summed E-state index contributed by atoms with van der Waals surface area (Å²) in [5.74, 6) is -0.0457. The monoisotopic (exact) mass is 220 g/mol. The van der Waals surface area contributed by atoms with Crippen molar-refractivity contribution < 1.29 is 14.6 Å². The minimum atomic E-state index is -1.09. The van der Waals surface area contributed by atoms with Gasteiger partial charge in [0.15, 0.2) is 0 Å². The Morgan fingerprint density at radius 1 is 1.44 bits per heavy atom. The van der Waals surface area contributed by atoms with E-state index in [0.717, 1.165) is 12.0 Å². The number of hydrogen-bond acceptors (Lipinski definition) is 3. The van der Waals surface area contributed by atoms with Crippen molar-refractivity contribution in [3.8, 4) is 0 Å². The van der Waals surface area contributed by atoms with Gasteiger partial charge in [0.2, 0.25) is 6.29 Å². The van der Waals surface area contributed by atoms with Crippen LogP contribution in [0, 0.1) is 0 Å². The fourth-order valence-corrected chi connectivity index (χ4v) is 2.13. The number of cyclic esters (lactones) is 1. The molecule has 0 saturated heterocycles. The lowest BCUT2D eigenvalue weighted by Crippen LogP contribution is -2.01. The molecule has 0 aliphatic carbocycles. The summed E-state index contributed by atoms with van der Waals surface area (Å²) in [5, 5.41) is 9.58. The quantitative estimate of drug-likeness (QED) is 0.779. The first-order chi connectivity index (χ1) is 7.54. The van der Waals surface area contributed by atoms with Crippen LogP contribution >= 0.6 is 0 Å². The van der Waals surface area contributed by atoms with Gasteiger partial charge in [0, 0.05) is 5.56 Å². The number of ether oxygens (including phenoxy) is 1. The number of esters is 1. The van der Waals surface area contributed by atoms with E-state index >= 15 is 0 Å². The Kier molecular flexibility index (Phi) is 2.72. The zero-order chi connectivity index (χ0) is 11.9. The summed E-state index contributed by atoms with van der Waals surface area (Å²) in [5.41, 5.74) is 3.44. The van der Waals surface area contributed by atoms with E-state index in [1.807, 2.05) is 12.1 Å². The minimum Gasteiger partial charge on any atom is -0.428 e. The van der Waals surface area contributed by atoms with E-state index in [9.17, 15) is 9.90 Å². The highest BCUT2D eigenvalue weighted by Crippen LogP contribution is 2.33. The molecule has 0 saturated carbocycles. The van der Waals surface area contributed by atoms with E-state index in [0.29, 0.717) is 17.0 Å². The molecule has 0 aromatic heterocycles. The first kappa shape index (κ1) is 11.1. The number of carbonyl (C=O) groups excluding carboxylic acids is 1. The highest BCUT2D eigenvalue weighted by Gasteiger charge is 2.30. The van der Waals surface area contributed by atoms with Crippen LogP contribution in [0.25, 0.3) is 0 Å². The Balaban J connectivity index is 2.60. The van der Waals surface area contributed by atoms with Crippen LogP contribution in [0.5, 0.6) is 0 Å². The van der Waals surface area contributed by atoms with Gasteiger partial charge in [0.05, 0.1) is 5.56 Å². The van der Waals surface area contributed by atoms with Crippen LogP contribution in [0.2, 0.25) is 0 Å². The summed E-state index contributed by atoms with van der Waals surface area (Å²) in [6.45, 7) is 6.26. The van der Waals surface area contributed by atoms with Gasteiger partial charge in [-0.25, -0.2) is 4.79 Å². The van der Waals surface area contributed by atoms with E-state index in [1.54, 1.807) is 0 Å². The summed E-state index contributed by atoms with van der Waals surface area (Å²) in [4.78, 5) is 11.4. The summed E-state index contributed by atoms with van der Waals surface area (Å²) < 4.78 is 4.78. The molecule has 1 heterocycles. The topological polar surface area (TPSA) is 46.5 Å². The van der Waals surface area contributed by atoms with Crippen molar-refractivity contribution in [3.05, 3.63) is 34.4 Å². The number of hydrogen-bond donors (Lipinski definition) is 1. The van der Waals surface area contributed by atoms with Gasteiger partial charge in [0.25, 0.3) is 0 Å². The molecule has 0 spiro atoms. The lowest BCUT2D eigenvalue weighted by molar-refractivity contribution is -0.0548. The predicted molar refractivity (Wildman–Crippen MR) is 60.3 cm³/mol. The van der Waals surface area contributed by atoms with Crippen LogP contribution in [0.1, 0.15) is 60.0 Å². The molecule has 1 aliphatic heterocycles. The number of aryl methyl sites for hydroxylation is 1. The Morgan fingerprint density at radius 2 is 2.12 bits per heavy atom. The van der Waals surface area contributed by atoms with Crippen LogP contribution in [0.15, 0.2) is 12.1 Å². The van der Waals surface area contributed by atoms with Gasteiger partial charge in [-0.3, -0.25) is 0 Å². The zero-order valence-corrected chi connectivity index (χ0v) is 9.78. The van der Waals surface area contributed by atoms with Crippen molar-refractivity contribution in [2.24, 2.45) is 0 Å². The van der Waals surface area contributed by atoms with E-state index in [2.05, 4.69) is 20.8 Å². The van der Waals surface area contributed by atoms with Gasteiger partial charge in [-0.1, -0.05) is 20.8 Å². The number of benzene rings is 1. The SMILES string of the molecule is CCc1cc2c(cc1C(C)C)C(O)OC2=O. The Labute approximate surface area is 95.0 Å². The molecule has 3 nitrogen and oxygen atoms in total. The highest BCUT2D eigenvalue weighted by molar-refractivity contribution is 5.94. The molecule has 0 bridgehead atoms. The summed E-state index contributed by atoms with van der Waals surface area (Å²) in [6.07, 6.45) is -0.213. The maximum Gasteiger partial charge on any atom is 0.341 e. The normalized spacial score (nSPS) is 18.8. The van der Waals surface area contributed by atoms with Gasteiger partial charge in [0.1, 0.15) is 0 Å². The maximum atomic E-state index is 11.4. The fraction of sp³-hybridized carbons (Fsp3) is 0.462. The molecule has 1 atom stereocenters. The van der Waals surface area contributed by atoms with Crippen molar-refractivity contribution in [1.29, 1.82) is 0 Å². The third-order valence-corrected chi connectivity index (χ3v) is 3.02. The average molecular weight is 220 g/mol. The molecule has 1 aromatic rings. The van der Waals surface area contributed by atoms with Crippen molar-refractivity contribution in [2.45, 2.75) is 39.4 Å². The summed E-state index contributed by atoms with van der Waals surface area (Å²) in [6, 6.07) is 3.75. The van der Waals surface area contributed by atoms with Crippen LogP contribution in [-0.4, -0.2) is 11.1 Å². The Hall–Kier alpha value is -1.35. The van der Waals surface area contributed by atoms with Gasteiger partial charge >= 0.3 is 5.97 Å². The van der Waals surface area contributed by atoms with Crippen molar-refractivity contribution in [2.75, 3.05) is 0 Å². The molecule has 0 radical (unpaired) electrons. The molecule has 1 N–H and O–H groups in total. The number of rotatable bonds is 2. The van der Waals surface area contributed by atoms with Crippen molar-refractivity contribution >= 4 is 5.97 Å². The summed E-state index contributed by atoms with van der Waals surface area (Å²) >= 11 is 0. The third-order valence-electron chi connectivity index (χ3n) is 3.02. The van der Waals surface area contributed by atoms with Gasteiger partial charge in [-0.15, -0.1) is 0 Å². The average Bonchev–Trinajstić information content (AvgIpc) is 2.52. The van der Waals surface area contributed by atoms with Crippen LogP contribution in [-0.2, 0) is 11.2 Å². The molecule has 3 heteroatoms. The summed E-state index contributed by atoms with van der Waals surface area (Å²) in [7, 11) is 0. The third kappa shape index (κ3) is 1.61. The molecular formula is C13H16O3. The van der Waals surface area contributed by atoms with E-state index < -0.39 is 12.3 Å². The van der Waals surface area contributed by atoms with Crippen molar-refractivity contribution in [3.63, 3.8) is 0 Å². The predicted octanol–water partition coefficient (Wildman–Crippen LogP) is 2.53.